The highest BCUT2D eigenvalue weighted by molar-refractivity contribution is 6.02. The summed E-state index contributed by atoms with van der Waals surface area (Å²) < 4.78 is 0. The average Bonchev–Trinajstić information content (AvgIpc) is 2.68. The third-order valence-electron chi connectivity index (χ3n) is 8.62. The zero-order valence-corrected chi connectivity index (χ0v) is 19.7. The van der Waals surface area contributed by atoms with Crippen LogP contribution in [0.1, 0.15) is 80.1 Å². The summed E-state index contributed by atoms with van der Waals surface area (Å²) in [6.07, 6.45) is 8.66. The van der Waals surface area contributed by atoms with Crippen molar-refractivity contribution in [2.45, 2.75) is 86.2 Å². The Kier molecular flexibility index (Phi) is 6.57. The third kappa shape index (κ3) is 4.00. The molecule has 0 bridgehead atoms. The number of carbonyl (C=O) groups excluding carboxylic acids is 1. The lowest BCUT2D eigenvalue weighted by molar-refractivity contribution is -0.123. The number of aliphatic hydroxyl groups is 2. The zero-order valence-electron chi connectivity index (χ0n) is 19.7. The van der Waals surface area contributed by atoms with E-state index in [0.717, 1.165) is 25.7 Å². The van der Waals surface area contributed by atoms with Gasteiger partial charge in [-0.25, -0.2) is 0 Å². The predicted octanol–water partition coefficient (Wildman–Crippen LogP) is 5.45. The minimum Gasteiger partial charge on any atom is -0.505 e. The van der Waals surface area contributed by atoms with Crippen LogP contribution in [0.2, 0.25) is 0 Å². The molecule has 0 aromatic carbocycles. The van der Waals surface area contributed by atoms with Gasteiger partial charge in [0.25, 0.3) is 0 Å². The molecule has 0 aliphatic heterocycles. The molecule has 0 spiro atoms. The van der Waals surface area contributed by atoms with Gasteiger partial charge in [0, 0.05) is 12.1 Å². The van der Waals surface area contributed by atoms with Gasteiger partial charge in [-0.3, -0.25) is 4.79 Å². The molecule has 0 amide bonds. The van der Waals surface area contributed by atoms with Crippen molar-refractivity contribution in [2.75, 3.05) is 6.54 Å². The average molecular weight is 416 g/mol. The van der Waals surface area contributed by atoms with Crippen molar-refractivity contribution in [3.8, 4) is 0 Å². The van der Waals surface area contributed by atoms with Crippen molar-refractivity contribution >= 4 is 5.78 Å². The van der Waals surface area contributed by atoms with Gasteiger partial charge in [0.05, 0.1) is 5.70 Å². The number of allylic oxidation sites excluding steroid dienone is 2. The molecule has 3 rings (SSSR count). The molecule has 3 aliphatic rings. The van der Waals surface area contributed by atoms with E-state index < -0.39 is 6.10 Å². The topological polar surface area (TPSA) is 69.6 Å². The molecule has 3 N–H and O–H groups in total. The Labute approximate surface area is 182 Å². The van der Waals surface area contributed by atoms with Crippen LogP contribution in [0.5, 0.6) is 0 Å². The summed E-state index contributed by atoms with van der Waals surface area (Å²) in [7, 11) is 0. The maximum Gasteiger partial charge on any atom is 0.195 e. The molecule has 0 heterocycles. The monoisotopic (exact) mass is 415 g/mol. The highest BCUT2D eigenvalue weighted by Crippen LogP contribution is 2.62. The largest absolute Gasteiger partial charge is 0.505 e. The Morgan fingerprint density at radius 3 is 2.63 bits per heavy atom. The molecular formula is C26H41NO3. The zero-order chi connectivity index (χ0) is 22.3. The number of aliphatic hydroxyl groups excluding tert-OH is 2. The summed E-state index contributed by atoms with van der Waals surface area (Å²) in [4.78, 5) is 12.9. The lowest BCUT2D eigenvalue weighted by Crippen LogP contribution is -2.50. The van der Waals surface area contributed by atoms with Crippen molar-refractivity contribution in [1.82, 2.24) is 5.32 Å². The molecule has 1 saturated carbocycles. The van der Waals surface area contributed by atoms with E-state index in [1.807, 2.05) is 0 Å². The Morgan fingerprint density at radius 2 is 1.97 bits per heavy atom. The van der Waals surface area contributed by atoms with E-state index >= 15 is 0 Å². The number of rotatable bonds is 6. The maximum atomic E-state index is 12.9. The van der Waals surface area contributed by atoms with E-state index in [1.54, 1.807) is 0 Å². The summed E-state index contributed by atoms with van der Waals surface area (Å²) in [5, 5.41) is 24.7. The van der Waals surface area contributed by atoms with Crippen molar-refractivity contribution in [2.24, 2.45) is 28.6 Å². The fraction of sp³-hybridized carbons (Fsp3) is 0.731. The minimum atomic E-state index is -1.18. The summed E-state index contributed by atoms with van der Waals surface area (Å²) in [5.41, 5.74) is 2.44. The van der Waals surface area contributed by atoms with Crippen molar-refractivity contribution < 1.29 is 15.0 Å². The third-order valence-corrected chi connectivity index (χ3v) is 8.62. The number of fused-ring (bicyclic) bond motifs is 1. The normalized spacial score (nSPS) is 37.1. The molecule has 1 unspecified atom stereocenters. The Morgan fingerprint density at radius 1 is 1.27 bits per heavy atom. The number of carbonyl (C=O) groups is 1. The summed E-state index contributed by atoms with van der Waals surface area (Å²) >= 11 is 0. The van der Waals surface area contributed by atoms with Crippen LogP contribution >= 0.6 is 0 Å². The molecule has 168 valence electrons. The first-order valence-electron chi connectivity index (χ1n) is 11.8. The molecule has 3 aliphatic carbocycles. The highest BCUT2D eigenvalue weighted by Gasteiger charge is 2.54. The van der Waals surface area contributed by atoms with Gasteiger partial charge >= 0.3 is 0 Å². The maximum absolute atomic E-state index is 12.9. The number of ketones is 1. The molecule has 0 radical (unpaired) electrons. The standard InChI is InChI=1S/C26H41NO3/c1-16(2)11-13-27-20-14-21(28)24(30)19(23(20)29)15-26(6)18(4)10-12-25(5)17(3)8-7-9-22(25)26/h8,14,16,18,21-22,27-29H,7,9-13,15H2,1-6H3/t18-,21?,22+,25-,26+/m0/s1. The first kappa shape index (κ1) is 23.1. The second kappa shape index (κ2) is 8.53. The number of nitrogens with one attached hydrogen (secondary N) is 1. The van der Waals surface area contributed by atoms with Crippen LogP contribution in [0, 0.1) is 28.6 Å². The van der Waals surface area contributed by atoms with Crippen LogP contribution in [0.25, 0.3) is 0 Å². The van der Waals surface area contributed by atoms with Crippen LogP contribution in [0.3, 0.4) is 0 Å². The Hall–Kier alpha value is -1.55. The SMILES string of the molecule is CC1=CCC[C@H]2[C@](C)(CC3=C(O)C(NCCC(C)C)=CC(O)C3=O)[C@@H](C)CC[C@@]12C. The molecule has 5 atom stereocenters. The molecule has 0 aromatic heterocycles. The van der Waals surface area contributed by atoms with Gasteiger partial charge in [-0.15, -0.1) is 0 Å². The highest BCUT2D eigenvalue weighted by atomic mass is 16.3. The fourth-order valence-electron chi connectivity index (χ4n) is 6.17. The van der Waals surface area contributed by atoms with Gasteiger partial charge in [-0.05, 0) is 80.1 Å². The van der Waals surface area contributed by atoms with E-state index in [2.05, 4.69) is 52.9 Å². The van der Waals surface area contributed by atoms with E-state index in [4.69, 9.17) is 0 Å². The number of hydrogen-bond donors (Lipinski definition) is 3. The molecule has 0 aromatic rings. The predicted molar refractivity (Wildman–Crippen MR) is 122 cm³/mol. The van der Waals surface area contributed by atoms with Crippen LogP contribution in [0.15, 0.2) is 34.8 Å². The Balaban J connectivity index is 1.92. The van der Waals surface area contributed by atoms with Gasteiger partial charge in [0.15, 0.2) is 5.78 Å². The first-order chi connectivity index (χ1) is 14.0. The number of hydrogen-bond acceptors (Lipinski definition) is 4. The van der Waals surface area contributed by atoms with Crippen LogP contribution in [0.4, 0.5) is 0 Å². The number of Topliss-reactive ketones (excluding diaryl/α,β-unsaturated/α-hetero) is 1. The lowest BCUT2D eigenvalue weighted by Gasteiger charge is -2.58. The first-order valence-corrected chi connectivity index (χ1v) is 11.8. The molecule has 30 heavy (non-hydrogen) atoms. The summed E-state index contributed by atoms with van der Waals surface area (Å²) in [6, 6.07) is 0. The molecule has 1 fully saturated rings. The van der Waals surface area contributed by atoms with Crippen LogP contribution in [-0.2, 0) is 4.79 Å². The van der Waals surface area contributed by atoms with Crippen molar-refractivity contribution in [1.29, 1.82) is 0 Å². The molecule has 0 saturated heterocycles. The van der Waals surface area contributed by atoms with Gasteiger partial charge in [0.2, 0.25) is 0 Å². The Bertz CT molecular complexity index is 777. The van der Waals surface area contributed by atoms with Crippen LogP contribution in [-0.4, -0.2) is 28.6 Å². The van der Waals surface area contributed by atoms with E-state index in [1.165, 1.54) is 18.1 Å². The molecule has 4 nitrogen and oxygen atoms in total. The van der Waals surface area contributed by atoms with E-state index in [-0.39, 0.29) is 22.4 Å². The fourth-order valence-corrected chi connectivity index (χ4v) is 6.17. The second-order valence-electron chi connectivity index (χ2n) is 10.9. The molecular weight excluding hydrogens is 374 g/mol. The van der Waals surface area contributed by atoms with Gasteiger partial charge in [-0.2, -0.15) is 0 Å². The van der Waals surface area contributed by atoms with Gasteiger partial charge < -0.3 is 15.5 Å². The summed E-state index contributed by atoms with van der Waals surface area (Å²) in [5.74, 6) is 1.16. The van der Waals surface area contributed by atoms with Crippen molar-refractivity contribution in [3.63, 3.8) is 0 Å². The van der Waals surface area contributed by atoms with E-state index in [9.17, 15) is 15.0 Å². The smallest absolute Gasteiger partial charge is 0.195 e. The van der Waals surface area contributed by atoms with E-state index in [0.29, 0.717) is 42.0 Å². The molecule has 4 heteroatoms. The van der Waals surface area contributed by atoms with Gasteiger partial charge in [0.1, 0.15) is 11.9 Å². The summed E-state index contributed by atoms with van der Waals surface area (Å²) in [6.45, 7) is 14.3. The quantitative estimate of drug-likeness (QED) is 0.505. The van der Waals surface area contributed by atoms with Crippen LogP contribution < -0.4 is 5.32 Å². The lowest BCUT2D eigenvalue weighted by atomic mass is 9.46. The minimum absolute atomic E-state index is 0.0397. The second-order valence-corrected chi connectivity index (χ2v) is 10.9. The van der Waals surface area contributed by atoms with Gasteiger partial charge in [-0.1, -0.05) is 46.3 Å². The van der Waals surface area contributed by atoms with Crippen molar-refractivity contribution in [3.05, 3.63) is 34.8 Å².